The Bertz CT molecular complexity index is 158. The van der Waals surface area contributed by atoms with Crippen molar-refractivity contribution in [1.82, 2.24) is 4.90 Å². The molecule has 1 heterocycles. The summed E-state index contributed by atoms with van der Waals surface area (Å²) < 4.78 is 0. The highest BCUT2D eigenvalue weighted by Gasteiger charge is 2.20. The zero-order valence-corrected chi connectivity index (χ0v) is 9.87. The first-order chi connectivity index (χ1) is 6.61. The Hall–Kier alpha value is -0.0800. The van der Waals surface area contributed by atoms with E-state index in [0.29, 0.717) is 12.0 Å². The van der Waals surface area contributed by atoms with E-state index in [1.54, 1.807) is 0 Å². The topological polar surface area (TPSA) is 23.5 Å². The van der Waals surface area contributed by atoms with Gasteiger partial charge in [0, 0.05) is 12.6 Å². The molecule has 2 unspecified atom stereocenters. The minimum atomic E-state index is -0.157. The van der Waals surface area contributed by atoms with Gasteiger partial charge in [0.2, 0.25) is 0 Å². The first-order valence-electron chi connectivity index (χ1n) is 6.03. The van der Waals surface area contributed by atoms with Crippen molar-refractivity contribution in [3.05, 3.63) is 0 Å². The van der Waals surface area contributed by atoms with E-state index in [1.807, 2.05) is 0 Å². The monoisotopic (exact) mass is 199 g/mol. The van der Waals surface area contributed by atoms with Crippen molar-refractivity contribution in [3.8, 4) is 0 Å². The molecule has 0 aromatic carbocycles. The van der Waals surface area contributed by atoms with Gasteiger partial charge >= 0.3 is 0 Å². The molecule has 0 bridgehead atoms. The van der Waals surface area contributed by atoms with Gasteiger partial charge in [0.15, 0.2) is 0 Å². The highest BCUT2D eigenvalue weighted by atomic mass is 16.3. The number of hydrogen-bond donors (Lipinski definition) is 1. The molecular formula is C12H25NO. The van der Waals surface area contributed by atoms with E-state index in [2.05, 4.69) is 25.7 Å². The maximum absolute atomic E-state index is 9.85. The SMILES string of the molecule is CC(C)C(O)CN1CCCCCC1C. The third kappa shape index (κ3) is 3.58. The molecule has 2 heteroatoms. The van der Waals surface area contributed by atoms with Crippen molar-refractivity contribution in [1.29, 1.82) is 0 Å². The van der Waals surface area contributed by atoms with Crippen molar-refractivity contribution in [2.45, 2.75) is 58.6 Å². The number of aliphatic hydroxyl groups excluding tert-OH is 1. The van der Waals surface area contributed by atoms with Crippen LogP contribution in [0.15, 0.2) is 0 Å². The van der Waals surface area contributed by atoms with Crippen LogP contribution in [-0.4, -0.2) is 35.2 Å². The lowest BCUT2D eigenvalue weighted by Crippen LogP contribution is -2.40. The second-order valence-electron chi connectivity index (χ2n) is 5.00. The minimum absolute atomic E-state index is 0.157. The van der Waals surface area contributed by atoms with Crippen molar-refractivity contribution < 1.29 is 5.11 Å². The Morgan fingerprint density at radius 3 is 2.64 bits per heavy atom. The minimum Gasteiger partial charge on any atom is -0.392 e. The molecule has 1 rings (SSSR count). The van der Waals surface area contributed by atoms with E-state index in [4.69, 9.17) is 0 Å². The molecule has 0 aromatic rings. The molecule has 0 aliphatic carbocycles. The van der Waals surface area contributed by atoms with Crippen LogP contribution < -0.4 is 0 Å². The molecule has 1 aliphatic heterocycles. The lowest BCUT2D eigenvalue weighted by Gasteiger charge is -2.30. The fourth-order valence-electron chi connectivity index (χ4n) is 2.06. The molecular weight excluding hydrogens is 174 g/mol. The van der Waals surface area contributed by atoms with E-state index in [-0.39, 0.29) is 6.10 Å². The lowest BCUT2D eigenvalue weighted by atomic mass is 10.1. The van der Waals surface area contributed by atoms with Gasteiger partial charge in [0.1, 0.15) is 0 Å². The summed E-state index contributed by atoms with van der Waals surface area (Å²) in [7, 11) is 0. The summed E-state index contributed by atoms with van der Waals surface area (Å²) >= 11 is 0. The molecule has 0 saturated carbocycles. The summed E-state index contributed by atoms with van der Waals surface area (Å²) in [6.07, 6.45) is 5.16. The van der Waals surface area contributed by atoms with Crippen molar-refractivity contribution in [3.63, 3.8) is 0 Å². The molecule has 2 nitrogen and oxygen atoms in total. The van der Waals surface area contributed by atoms with Gasteiger partial charge in [0.05, 0.1) is 6.10 Å². The fraction of sp³-hybridized carbons (Fsp3) is 1.00. The smallest absolute Gasteiger partial charge is 0.0690 e. The van der Waals surface area contributed by atoms with Crippen molar-refractivity contribution in [2.75, 3.05) is 13.1 Å². The average molecular weight is 199 g/mol. The zero-order chi connectivity index (χ0) is 10.6. The van der Waals surface area contributed by atoms with Gasteiger partial charge < -0.3 is 5.11 Å². The Balaban J connectivity index is 2.40. The Labute approximate surface area is 88.3 Å². The number of rotatable bonds is 3. The summed E-state index contributed by atoms with van der Waals surface area (Å²) in [6, 6.07) is 0.658. The fourth-order valence-corrected chi connectivity index (χ4v) is 2.06. The third-order valence-electron chi connectivity index (χ3n) is 3.38. The van der Waals surface area contributed by atoms with Crippen LogP contribution in [0.4, 0.5) is 0 Å². The maximum Gasteiger partial charge on any atom is 0.0690 e. The van der Waals surface area contributed by atoms with Crippen LogP contribution in [0.2, 0.25) is 0 Å². The van der Waals surface area contributed by atoms with Crippen LogP contribution in [0.1, 0.15) is 46.5 Å². The highest BCUT2D eigenvalue weighted by molar-refractivity contribution is 4.75. The van der Waals surface area contributed by atoms with Crippen molar-refractivity contribution in [2.24, 2.45) is 5.92 Å². The van der Waals surface area contributed by atoms with E-state index in [0.717, 1.165) is 6.54 Å². The predicted molar refractivity (Wildman–Crippen MR) is 60.3 cm³/mol. The molecule has 1 aliphatic rings. The van der Waals surface area contributed by atoms with Crippen LogP contribution in [0.25, 0.3) is 0 Å². The molecule has 1 saturated heterocycles. The van der Waals surface area contributed by atoms with Gasteiger partial charge in [0.25, 0.3) is 0 Å². The number of nitrogens with zero attached hydrogens (tertiary/aromatic N) is 1. The molecule has 1 N–H and O–H groups in total. The first kappa shape index (κ1) is 12.0. The summed E-state index contributed by atoms with van der Waals surface area (Å²) in [4.78, 5) is 2.46. The van der Waals surface area contributed by atoms with Crippen LogP contribution in [0, 0.1) is 5.92 Å². The predicted octanol–water partition coefficient (Wildman–Crippen LogP) is 2.27. The second kappa shape index (κ2) is 5.72. The number of likely N-dealkylation sites (tertiary alicyclic amines) is 1. The number of β-amino-alcohol motifs (C(OH)–C–C–N with tert-alkyl or cyclic N) is 1. The molecule has 0 amide bonds. The summed E-state index contributed by atoms with van der Waals surface area (Å²) in [6.45, 7) is 8.50. The number of hydrogen-bond acceptors (Lipinski definition) is 2. The van der Waals surface area contributed by atoms with Crippen LogP contribution in [0.5, 0.6) is 0 Å². The Morgan fingerprint density at radius 1 is 1.29 bits per heavy atom. The molecule has 0 aromatic heterocycles. The van der Waals surface area contributed by atoms with Crippen molar-refractivity contribution >= 4 is 0 Å². The van der Waals surface area contributed by atoms with Gasteiger partial charge in [-0.05, 0) is 32.2 Å². The third-order valence-corrected chi connectivity index (χ3v) is 3.38. The van der Waals surface area contributed by atoms with Crippen LogP contribution in [-0.2, 0) is 0 Å². The van der Waals surface area contributed by atoms with Gasteiger partial charge in [-0.25, -0.2) is 0 Å². The lowest BCUT2D eigenvalue weighted by molar-refractivity contribution is 0.0617. The maximum atomic E-state index is 9.85. The summed E-state index contributed by atoms with van der Waals surface area (Å²) in [5, 5.41) is 9.85. The normalized spacial score (nSPS) is 27.6. The highest BCUT2D eigenvalue weighted by Crippen LogP contribution is 2.17. The van der Waals surface area contributed by atoms with Gasteiger partial charge in [-0.15, -0.1) is 0 Å². The van der Waals surface area contributed by atoms with Gasteiger partial charge in [-0.3, -0.25) is 4.90 Å². The quantitative estimate of drug-likeness (QED) is 0.753. The van der Waals surface area contributed by atoms with Crippen LogP contribution in [0.3, 0.4) is 0 Å². The molecule has 0 spiro atoms. The number of aliphatic hydroxyl groups is 1. The average Bonchev–Trinajstić information content (AvgIpc) is 2.32. The van der Waals surface area contributed by atoms with E-state index in [9.17, 15) is 5.11 Å². The summed E-state index contributed by atoms with van der Waals surface area (Å²) in [5.74, 6) is 0.380. The first-order valence-corrected chi connectivity index (χ1v) is 6.03. The molecule has 84 valence electrons. The standard InChI is InChI=1S/C12H25NO/c1-10(2)12(14)9-13-8-6-4-5-7-11(13)3/h10-12,14H,4-9H2,1-3H3. The summed E-state index contributed by atoms with van der Waals surface area (Å²) in [5.41, 5.74) is 0. The molecule has 1 fully saturated rings. The largest absolute Gasteiger partial charge is 0.392 e. The van der Waals surface area contributed by atoms with Crippen LogP contribution >= 0.6 is 0 Å². The Morgan fingerprint density at radius 2 is 2.00 bits per heavy atom. The second-order valence-corrected chi connectivity index (χ2v) is 5.00. The zero-order valence-electron chi connectivity index (χ0n) is 9.87. The van der Waals surface area contributed by atoms with Gasteiger partial charge in [-0.2, -0.15) is 0 Å². The van der Waals surface area contributed by atoms with Gasteiger partial charge in [-0.1, -0.05) is 26.7 Å². The van der Waals surface area contributed by atoms with E-state index in [1.165, 1.54) is 32.2 Å². The van der Waals surface area contributed by atoms with E-state index < -0.39 is 0 Å². The Kier molecular flexibility index (Phi) is 4.90. The molecule has 0 radical (unpaired) electrons. The molecule has 2 atom stereocenters. The van der Waals surface area contributed by atoms with E-state index >= 15 is 0 Å². The molecule has 14 heavy (non-hydrogen) atoms.